The highest BCUT2D eigenvalue weighted by Crippen LogP contribution is 2.28. The normalized spacial score (nSPS) is 55.4. The molecule has 0 aromatic carbocycles. The fraction of sp³-hybridized carbons (Fsp3) is 1.00. The van der Waals surface area contributed by atoms with Crippen LogP contribution in [0.5, 0.6) is 0 Å². The average molecular weight is 310 g/mol. The van der Waals surface area contributed by atoms with E-state index in [4.69, 9.17) is 14.2 Å². The number of rotatable bonds is 2. The zero-order valence-electron chi connectivity index (χ0n) is 11.7. The standard InChI is InChI=1S/C12H22O9/c1-3-6(14)8(16)10(11(18)19-3)21-12-9(17)7(15)5(13)4(2)20-12/h3-18H,1-2H3/t3-,4-,5+,6+,7+,8+,9-,10-,11+,12-/m0/s1. The lowest BCUT2D eigenvalue weighted by Gasteiger charge is -2.44. The molecule has 2 fully saturated rings. The molecule has 21 heavy (non-hydrogen) atoms. The lowest BCUT2D eigenvalue weighted by molar-refractivity contribution is -0.356. The van der Waals surface area contributed by atoms with Crippen LogP contribution in [0.4, 0.5) is 0 Å². The van der Waals surface area contributed by atoms with Crippen LogP contribution in [0.1, 0.15) is 13.8 Å². The summed E-state index contributed by atoms with van der Waals surface area (Å²) in [5, 5.41) is 58.5. The second-order valence-corrected chi connectivity index (χ2v) is 5.50. The predicted molar refractivity (Wildman–Crippen MR) is 65.8 cm³/mol. The van der Waals surface area contributed by atoms with E-state index in [0.29, 0.717) is 0 Å². The molecule has 0 unspecified atom stereocenters. The Morgan fingerprint density at radius 3 is 1.81 bits per heavy atom. The van der Waals surface area contributed by atoms with Crippen LogP contribution in [0.3, 0.4) is 0 Å². The molecule has 124 valence electrons. The Balaban J connectivity index is 2.06. The third-order valence-corrected chi connectivity index (χ3v) is 3.90. The van der Waals surface area contributed by atoms with Crippen LogP contribution in [0.2, 0.25) is 0 Å². The second kappa shape index (κ2) is 6.41. The van der Waals surface area contributed by atoms with Gasteiger partial charge >= 0.3 is 0 Å². The molecule has 0 bridgehead atoms. The Morgan fingerprint density at radius 1 is 0.667 bits per heavy atom. The lowest BCUT2D eigenvalue weighted by Crippen LogP contribution is -2.62. The monoisotopic (exact) mass is 310 g/mol. The molecule has 0 radical (unpaired) electrons. The highest BCUT2D eigenvalue weighted by atomic mass is 16.7. The number of aliphatic hydroxyl groups is 6. The first-order valence-corrected chi connectivity index (χ1v) is 6.78. The molecule has 9 heteroatoms. The molecule has 2 heterocycles. The number of hydrogen-bond donors (Lipinski definition) is 6. The van der Waals surface area contributed by atoms with Gasteiger partial charge in [-0.05, 0) is 13.8 Å². The maximum absolute atomic E-state index is 9.91. The van der Waals surface area contributed by atoms with Crippen molar-refractivity contribution in [3.63, 3.8) is 0 Å². The van der Waals surface area contributed by atoms with Gasteiger partial charge in [-0.15, -0.1) is 0 Å². The van der Waals surface area contributed by atoms with Crippen molar-refractivity contribution in [2.45, 2.75) is 75.3 Å². The van der Waals surface area contributed by atoms with Crippen molar-refractivity contribution >= 4 is 0 Å². The first kappa shape index (κ1) is 17.0. The molecule has 6 N–H and O–H groups in total. The third-order valence-electron chi connectivity index (χ3n) is 3.90. The summed E-state index contributed by atoms with van der Waals surface area (Å²) < 4.78 is 15.5. The van der Waals surface area contributed by atoms with E-state index in [2.05, 4.69) is 0 Å². The van der Waals surface area contributed by atoms with Crippen molar-refractivity contribution in [2.75, 3.05) is 0 Å². The summed E-state index contributed by atoms with van der Waals surface area (Å²) in [4.78, 5) is 0. The molecule has 0 aromatic rings. The van der Waals surface area contributed by atoms with Gasteiger partial charge in [0, 0.05) is 0 Å². The van der Waals surface area contributed by atoms with E-state index in [1.807, 2.05) is 0 Å². The summed E-state index contributed by atoms with van der Waals surface area (Å²) in [6.07, 6.45) is -13.0. The van der Waals surface area contributed by atoms with E-state index in [1.165, 1.54) is 13.8 Å². The first-order valence-electron chi connectivity index (χ1n) is 6.78. The van der Waals surface area contributed by atoms with Gasteiger partial charge in [0.1, 0.15) is 36.6 Å². The van der Waals surface area contributed by atoms with Gasteiger partial charge in [0.15, 0.2) is 12.6 Å². The number of ether oxygens (including phenoxy) is 3. The van der Waals surface area contributed by atoms with Crippen LogP contribution < -0.4 is 0 Å². The summed E-state index contributed by atoms with van der Waals surface area (Å²) in [5.74, 6) is 0. The molecular formula is C12H22O9. The minimum atomic E-state index is -1.58. The van der Waals surface area contributed by atoms with Crippen LogP contribution in [0.15, 0.2) is 0 Å². The van der Waals surface area contributed by atoms with E-state index >= 15 is 0 Å². The molecule has 0 aliphatic carbocycles. The van der Waals surface area contributed by atoms with Gasteiger partial charge < -0.3 is 44.8 Å². The summed E-state index contributed by atoms with van der Waals surface area (Å²) >= 11 is 0. The van der Waals surface area contributed by atoms with Gasteiger partial charge in [-0.25, -0.2) is 0 Å². The molecule has 9 nitrogen and oxygen atoms in total. The van der Waals surface area contributed by atoms with Gasteiger partial charge in [0.25, 0.3) is 0 Å². The largest absolute Gasteiger partial charge is 0.388 e. The van der Waals surface area contributed by atoms with Crippen molar-refractivity contribution in [3.05, 3.63) is 0 Å². The average Bonchev–Trinajstić information content (AvgIpc) is 2.44. The van der Waals surface area contributed by atoms with Gasteiger partial charge in [-0.2, -0.15) is 0 Å². The molecule has 2 aliphatic rings. The fourth-order valence-electron chi connectivity index (χ4n) is 2.45. The van der Waals surface area contributed by atoms with Gasteiger partial charge in [-0.1, -0.05) is 0 Å². The van der Waals surface area contributed by atoms with Crippen LogP contribution in [0.25, 0.3) is 0 Å². The van der Waals surface area contributed by atoms with Crippen molar-refractivity contribution in [2.24, 2.45) is 0 Å². The number of aliphatic hydroxyl groups excluding tert-OH is 6. The highest BCUT2D eigenvalue weighted by molar-refractivity contribution is 4.91. The molecule has 2 rings (SSSR count). The summed E-state index contributed by atoms with van der Waals surface area (Å²) in [7, 11) is 0. The predicted octanol–water partition coefficient (Wildman–Crippen LogP) is -3.34. The number of hydrogen-bond acceptors (Lipinski definition) is 9. The second-order valence-electron chi connectivity index (χ2n) is 5.50. The molecule has 2 saturated heterocycles. The molecule has 10 atom stereocenters. The van der Waals surface area contributed by atoms with Crippen molar-refractivity contribution in [3.8, 4) is 0 Å². The van der Waals surface area contributed by atoms with Crippen LogP contribution in [-0.4, -0.2) is 92.1 Å². The topological polar surface area (TPSA) is 149 Å². The van der Waals surface area contributed by atoms with E-state index in [1.54, 1.807) is 0 Å². The Bertz CT molecular complexity index is 354. The molecular weight excluding hydrogens is 288 g/mol. The first-order chi connectivity index (χ1) is 9.73. The van der Waals surface area contributed by atoms with E-state index < -0.39 is 61.4 Å². The van der Waals surface area contributed by atoms with Gasteiger partial charge in [-0.3, -0.25) is 0 Å². The Morgan fingerprint density at radius 2 is 1.19 bits per heavy atom. The molecule has 0 amide bonds. The smallest absolute Gasteiger partial charge is 0.187 e. The van der Waals surface area contributed by atoms with Crippen LogP contribution in [-0.2, 0) is 14.2 Å². The maximum Gasteiger partial charge on any atom is 0.187 e. The Kier molecular flexibility index (Phi) is 5.19. The van der Waals surface area contributed by atoms with Gasteiger partial charge in [0.2, 0.25) is 0 Å². The highest BCUT2D eigenvalue weighted by Gasteiger charge is 2.48. The summed E-state index contributed by atoms with van der Waals surface area (Å²) in [6, 6.07) is 0. The maximum atomic E-state index is 9.91. The molecule has 0 aromatic heterocycles. The van der Waals surface area contributed by atoms with Crippen LogP contribution in [0, 0.1) is 0 Å². The van der Waals surface area contributed by atoms with Crippen molar-refractivity contribution < 1.29 is 44.8 Å². The van der Waals surface area contributed by atoms with Crippen molar-refractivity contribution in [1.82, 2.24) is 0 Å². The zero-order valence-corrected chi connectivity index (χ0v) is 11.7. The Labute approximate surface area is 121 Å². The van der Waals surface area contributed by atoms with E-state index in [0.717, 1.165) is 0 Å². The van der Waals surface area contributed by atoms with Crippen molar-refractivity contribution in [1.29, 1.82) is 0 Å². The quantitative estimate of drug-likeness (QED) is 0.308. The van der Waals surface area contributed by atoms with E-state index in [-0.39, 0.29) is 0 Å². The fourth-order valence-corrected chi connectivity index (χ4v) is 2.45. The van der Waals surface area contributed by atoms with Crippen LogP contribution >= 0.6 is 0 Å². The summed E-state index contributed by atoms with van der Waals surface area (Å²) in [6.45, 7) is 2.94. The van der Waals surface area contributed by atoms with Gasteiger partial charge in [0.05, 0.1) is 12.2 Å². The van der Waals surface area contributed by atoms with E-state index in [9.17, 15) is 30.6 Å². The summed E-state index contributed by atoms with van der Waals surface area (Å²) in [5.41, 5.74) is 0. The minimum absolute atomic E-state index is 0.793. The molecule has 0 spiro atoms. The molecule has 0 saturated carbocycles. The Hall–Kier alpha value is -0.360. The zero-order chi connectivity index (χ0) is 15.9. The third kappa shape index (κ3) is 3.21. The lowest BCUT2D eigenvalue weighted by atomic mass is 9.98. The molecule has 2 aliphatic heterocycles. The SMILES string of the molecule is C[C@@H]1O[C@@H](O[C@H]2[C@H](O)[C@H](O)[C@H](C)O[C@H]2O)[C@@H](O)[C@H](O)[C@@H]1O. The minimum Gasteiger partial charge on any atom is -0.388 e.